The van der Waals surface area contributed by atoms with Crippen molar-refractivity contribution in [3.05, 3.63) is 102 Å². The topological polar surface area (TPSA) is 79.4 Å². The molecule has 0 atom stereocenters. The molecular weight excluding hydrogens is 468 g/mol. The van der Waals surface area contributed by atoms with E-state index in [1.807, 2.05) is 42.5 Å². The lowest BCUT2D eigenvalue weighted by atomic mass is 9.95. The third kappa shape index (κ3) is 5.19. The van der Waals surface area contributed by atoms with Crippen molar-refractivity contribution in [2.75, 3.05) is 0 Å². The number of benzene rings is 3. The fourth-order valence-electron chi connectivity index (χ4n) is 3.60. The van der Waals surface area contributed by atoms with Crippen molar-refractivity contribution in [3.63, 3.8) is 0 Å². The summed E-state index contributed by atoms with van der Waals surface area (Å²) in [6, 6.07) is 16.5. The summed E-state index contributed by atoms with van der Waals surface area (Å²) >= 11 is 7.56. The van der Waals surface area contributed by atoms with Gasteiger partial charge in [0.05, 0.1) is 10.6 Å². The van der Waals surface area contributed by atoms with Crippen LogP contribution in [-0.4, -0.2) is 20.4 Å². The van der Waals surface area contributed by atoms with Crippen LogP contribution in [0.3, 0.4) is 0 Å². The normalized spacial score (nSPS) is 10.9. The van der Waals surface area contributed by atoms with Crippen molar-refractivity contribution in [1.82, 2.24) is 10.2 Å². The smallest absolute Gasteiger partial charge is 0.277 e. The van der Waals surface area contributed by atoms with Gasteiger partial charge in [0.25, 0.3) is 5.22 Å². The molecule has 0 radical (unpaired) electrons. The van der Waals surface area contributed by atoms with Crippen LogP contribution < -0.4 is 0 Å². The minimum Gasteiger partial charge on any atom is -0.508 e. The zero-order valence-electron chi connectivity index (χ0n) is 18.4. The Morgan fingerprint density at radius 3 is 2.47 bits per heavy atom. The van der Waals surface area contributed by atoms with Crippen LogP contribution in [0.25, 0.3) is 22.6 Å². The van der Waals surface area contributed by atoms with Gasteiger partial charge in [0.1, 0.15) is 11.5 Å². The van der Waals surface area contributed by atoms with Crippen molar-refractivity contribution in [3.8, 4) is 34.1 Å². The van der Waals surface area contributed by atoms with Crippen LogP contribution in [0.4, 0.5) is 0 Å². The maximum Gasteiger partial charge on any atom is 0.277 e. The van der Waals surface area contributed by atoms with E-state index in [1.54, 1.807) is 24.3 Å². The predicted octanol–water partition coefficient (Wildman–Crippen LogP) is 7.22. The molecular formula is C27H23ClN2O3S. The van der Waals surface area contributed by atoms with Crippen LogP contribution in [0.15, 0.2) is 89.5 Å². The van der Waals surface area contributed by atoms with Crippen LogP contribution in [0.2, 0.25) is 5.02 Å². The molecule has 4 aromatic rings. The van der Waals surface area contributed by atoms with Crippen LogP contribution in [0.5, 0.6) is 11.5 Å². The van der Waals surface area contributed by atoms with Crippen molar-refractivity contribution in [2.24, 2.45) is 0 Å². The van der Waals surface area contributed by atoms with Crippen LogP contribution in [0, 0.1) is 0 Å². The molecule has 0 aliphatic heterocycles. The van der Waals surface area contributed by atoms with E-state index in [0.717, 1.165) is 22.3 Å². The summed E-state index contributed by atoms with van der Waals surface area (Å²) in [7, 11) is 0. The van der Waals surface area contributed by atoms with Gasteiger partial charge in [0.2, 0.25) is 5.89 Å². The summed E-state index contributed by atoms with van der Waals surface area (Å²) in [6.07, 6.45) is 4.73. The number of hydrogen-bond acceptors (Lipinski definition) is 6. The maximum atomic E-state index is 11.1. The molecule has 1 heterocycles. The molecule has 4 rings (SSSR count). The maximum absolute atomic E-state index is 11.1. The third-order valence-electron chi connectivity index (χ3n) is 5.25. The standard InChI is InChI=1S/C27H23ClN2O3S/c1-3-7-17-13-20(16-34-27-30-29-26(33-27)21-9-5-6-10-23(21)28)25(32)22(14-17)18-11-12-24(31)19(15-18)8-4-2/h3-6,9-15,31-32H,1-2,7-8,16H2. The number of thioether (sulfide) groups is 1. The lowest BCUT2D eigenvalue weighted by Gasteiger charge is -2.14. The van der Waals surface area contributed by atoms with Crippen molar-refractivity contribution < 1.29 is 14.6 Å². The van der Waals surface area contributed by atoms with E-state index in [9.17, 15) is 10.2 Å². The minimum absolute atomic E-state index is 0.168. The van der Waals surface area contributed by atoms with Gasteiger partial charge in [-0.25, -0.2) is 0 Å². The number of nitrogens with zero attached hydrogens (tertiary/aromatic N) is 2. The van der Waals surface area contributed by atoms with Crippen LogP contribution >= 0.6 is 23.4 Å². The SMILES string of the molecule is C=CCc1cc(CSc2nnc(-c3ccccc3Cl)o2)c(O)c(-c2ccc(O)c(CC=C)c2)c1. The molecule has 0 spiro atoms. The Balaban J connectivity index is 1.63. The van der Waals surface area contributed by atoms with Gasteiger partial charge in [-0.15, -0.1) is 23.4 Å². The first-order valence-corrected chi connectivity index (χ1v) is 12.0. The quantitative estimate of drug-likeness (QED) is 0.190. The largest absolute Gasteiger partial charge is 0.508 e. The summed E-state index contributed by atoms with van der Waals surface area (Å²) in [4.78, 5) is 0. The van der Waals surface area contributed by atoms with Crippen molar-refractivity contribution in [1.29, 1.82) is 0 Å². The third-order valence-corrected chi connectivity index (χ3v) is 6.44. The summed E-state index contributed by atoms with van der Waals surface area (Å²) in [5.41, 5.74) is 4.65. The van der Waals surface area contributed by atoms with E-state index < -0.39 is 0 Å². The van der Waals surface area contributed by atoms with Gasteiger partial charge in [-0.1, -0.05) is 59.8 Å². The summed E-state index contributed by atoms with van der Waals surface area (Å²) in [5.74, 6) is 1.14. The molecule has 3 aromatic carbocycles. The number of aromatic nitrogens is 2. The zero-order valence-corrected chi connectivity index (χ0v) is 19.9. The Labute approximate surface area is 207 Å². The van der Waals surface area contributed by atoms with Gasteiger partial charge >= 0.3 is 0 Å². The summed E-state index contributed by atoms with van der Waals surface area (Å²) in [5, 5.41) is 30.4. The Hall–Kier alpha value is -3.48. The van der Waals surface area contributed by atoms with E-state index in [-0.39, 0.29) is 11.5 Å². The van der Waals surface area contributed by atoms with Gasteiger partial charge in [-0.3, -0.25) is 0 Å². The second-order valence-corrected chi connectivity index (χ2v) is 8.96. The molecule has 172 valence electrons. The molecule has 0 fully saturated rings. The number of hydrogen-bond donors (Lipinski definition) is 2. The molecule has 5 nitrogen and oxygen atoms in total. The van der Waals surface area contributed by atoms with E-state index in [0.29, 0.717) is 45.9 Å². The highest BCUT2D eigenvalue weighted by atomic mass is 35.5. The second-order valence-electron chi connectivity index (χ2n) is 7.62. The van der Waals surface area contributed by atoms with Crippen LogP contribution in [-0.2, 0) is 18.6 Å². The number of rotatable bonds is 9. The molecule has 0 unspecified atom stereocenters. The fraction of sp³-hybridized carbons (Fsp3) is 0.111. The van der Waals surface area contributed by atoms with E-state index in [1.165, 1.54) is 11.8 Å². The van der Waals surface area contributed by atoms with Crippen molar-refractivity contribution >= 4 is 23.4 Å². The Kier molecular flexibility index (Phi) is 7.40. The molecule has 0 bridgehead atoms. The number of aromatic hydroxyl groups is 2. The molecule has 34 heavy (non-hydrogen) atoms. The second kappa shape index (κ2) is 10.6. The molecule has 7 heteroatoms. The van der Waals surface area contributed by atoms with E-state index in [2.05, 4.69) is 23.4 Å². The zero-order chi connectivity index (χ0) is 24.1. The van der Waals surface area contributed by atoms with E-state index in [4.69, 9.17) is 16.0 Å². The Bertz CT molecular complexity index is 1350. The molecule has 1 aromatic heterocycles. The lowest BCUT2D eigenvalue weighted by Crippen LogP contribution is -1.93. The number of phenolic OH excluding ortho intramolecular Hbond substituents is 2. The summed E-state index contributed by atoms with van der Waals surface area (Å²) < 4.78 is 5.78. The highest BCUT2D eigenvalue weighted by Crippen LogP contribution is 2.39. The van der Waals surface area contributed by atoms with Gasteiger partial charge < -0.3 is 14.6 Å². The highest BCUT2D eigenvalue weighted by molar-refractivity contribution is 7.98. The molecule has 2 N–H and O–H groups in total. The average molecular weight is 491 g/mol. The Morgan fingerprint density at radius 1 is 0.912 bits per heavy atom. The van der Waals surface area contributed by atoms with Crippen molar-refractivity contribution in [2.45, 2.75) is 23.8 Å². The van der Waals surface area contributed by atoms with Crippen LogP contribution in [0.1, 0.15) is 16.7 Å². The molecule has 0 aliphatic rings. The average Bonchev–Trinajstić information content (AvgIpc) is 3.30. The van der Waals surface area contributed by atoms with Gasteiger partial charge in [0.15, 0.2) is 0 Å². The summed E-state index contributed by atoms with van der Waals surface area (Å²) in [6.45, 7) is 7.58. The molecule has 0 aliphatic carbocycles. The first kappa shape index (κ1) is 23.7. The first-order chi connectivity index (χ1) is 16.5. The lowest BCUT2D eigenvalue weighted by molar-refractivity contribution is 0.464. The monoisotopic (exact) mass is 490 g/mol. The molecule has 0 saturated heterocycles. The number of halogens is 1. The molecule has 0 saturated carbocycles. The van der Waals surface area contributed by atoms with Gasteiger partial charge in [0, 0.05) is 16.9 Å². The minimum atomic E-state index is 0.168. The van der Waals surface area contributed by atoms with E-state index >= 15 is 0 Å². The highest BCUT2D eigenvalue weighted by Gasteiger charge is 2.16. The Morgan fingerprint density at radius 2 is 1.71 bits per heavy atom. The predicted molar refractivity (Wildman–Crippen MR) is 137 cm³/mol. The molecule has 0 amide bonds. The first-order valence-electron chi connectivity index (χ1n) is 10.6. The fourth-order valence-corrected chi connectivity index (χ4v) is 4.55. The number of allylic oxidation sites excluding steroid dienone is 2. The van der Waals surface area contributed by atoms with Gasteiger partial charge in [-0.05, 0) is 59.9 Å². The number of phenols is 2. The van der Waals surface area contributed by atoms with Gasteiger partial charge in [-0.2, -0.15) is 0 Å².